The van der Waals surface area contributed by atoms with Crippen LogP contribution in [-0.2, 0) is 0 Å². The monoisotopic (exact) mass is 257 g/mol. The van der Waals surface area contributed by atoms with Crippen LogP contribution < -0.4 is 5.73 Å². The molecule has 3 rings (SSSR count). The van der Waals surface area contributed by atoms with Crippen LogP contribution in [0.15, 0.2) is 42.7 Å². The quantitative estimate of drug-likeness (QED) is 0.678. The molecule has 3 aromatic rings. The molecule has 2 heterocycles. The van der Waals surface area contributed by atoms with E-state index < -0.39 is 0 Å². The molecule has 0 aliphatic rings. The fourth-order valence-electron chi connectivity index (χ4n) is 1.90. The third kappa shape index (κ3) is 1.83. The van der Waals surface area contributed by atoms with Gasteiger partial charge < -0.3 is 10.1 Å². The predicted octanol–water partition coefficient (Wildman–Crippen LogP) is 3.55. The van der Waals surface area contributed by atoms with Crippen LogP contribution in [0.1, 0.15) is 5.56 Å². The second-order valence-corrected chi connectivity index (χ2v) is 4.75. The van der Waals surface area contributed by atoms with Crippen LogP contribution >= 0.6 is 11.6 Å². The number of anilines is 1. The molecule has 4 heteroatoms. The number of imidazole rings is 1. The van der Waals surface area contributed by atoms with Crippen molar-refractivity contribution in [1.82, 2.24) is 9.38 Å². The number of halogens is 1. The highest BCUT2D eigenvalue weighted by Crippen LogP contribution is 2.24. The minimum atomic E-state index is 0.690. The van der Waals surface area contributed by atoms with E-state index in [1.807, 2.05) is 54.0 Å². The Hall–Kier alpha value is -2.00. The molecular weight excluding hydrogens is 246 g/mol. The maximum atomic E-state index is 5.95. The van der Waals surface area contributed by atoms with Gasteiger partial charge in [0.1, 0.15) is 5.65 Å². The number of fused-ring (bicyclic) bond motifs is 1. The first-order valence-corrected chi connectivity index (χ1v) is 6.02. The van der Waals surface area contributed by atoms with Crippen LogP contribution in [0.4, 0.5) is 5.69 Å². The van der Waals surface area contributed by atoms with Crippen molar-refractivity contribution in [3.8, 4) is 11.3 Å². The number of nitrogens with two attached hydrogens (primary N) is 1. The van der Waals surface area contributed by atoms with Gasteiger partial charge in [0.2, 0.25) is 0 Å². The average molecular weight is 258 g/mol. The van der Waals surface area contributed by atoms with E-state index >= 15 is 0 Å². The first-order valence-electron chi connectivity index (χ1n) is 5.64. The third-order valence-electron chi connectivity index (χ3n) is 2.99. The Morgan fingerprint density at radius 1 is 1.17 bits per heavy atom. The summed E-state index contributed by atoms with van der Waals surface area (Å²) in [4.78, 5) is 4.54. The number of benzene rings is 1. The Morgan fingerprint density at radius 3 is 2.78 bits per heavy atom. The lowest BCUT2D eigenvalue weighted by Gasteiger charge is -2.01. The second-order valence-electron chi connectivity index (χ2n) is 4.31. The zero-order valence-corrected chi connectivity index (χ0v) is 10.6. The average Bonchev–Trinajstić information content (AvgIpc) is 2.75. The van der Waals surface area contributed by atoms with E-state index in [2.05, 4.69) is 4.98 Å². The summed E-state index contributed by atoms with van der Waals surface area (Å²) in [5.41, 5.74) is 10.5. The van der Waals surface area contributed by atoms with Gasteiger partial charge in [-0.3, -0.25) is 0 Å². The molecule has 0 bridgehead atoms. The Morgan fingerprint density at radius 2 is 2.00 bits per heavy atom. The van der Waals surface area contributed by atoms with Crippen LogP contribution in [0.3, 0.4) is 0 Å². The molecule has 0 spiro atoms. The van der Waals surface area contributed by atoms with E-state index in [9.17, 15) is 0 Å². The van der Waals surface area contributed by atoms with Gasteiger partial charge in [0, 0.05) is 23.6 Å². The van der Waals surface area contributed by atoms with Crippen molar-refractivity contribution in [3.05, 3.63) is 53.3 Å². The minimum Gasteiger partial charge on any atom is -0.398 e. The molecule has 18 heavy (non-hydrogen) atoms. The Kier molecular flexibility index (Phi) is 2.49. The van der Waals surface area contributed by atoms with Crippen molar-refractivity contribution >= 4 is 22.9 Å². The van der Waals surface area contributed by atoms with Gasteiger partial charge >= 0.3 is 0 Å². The number of nitrogen functional groups attached to an aromatic ring is 1. The van der Waals surface area contributed by atoms with Crippen LogP contribution in [0.25, 0.3) is 16.9 Å². The van der Waals surface area contributed by atoms with Gasteiger partial charge in [0.25, 0.3) is 0 Å². The molecule has 1 aromatic carbocycles. The summed E-state index contributed by atoms with van der Waals surface area (Å²) < 4.78 is 1.91. The number of aryl methyl sites for hydroxylation is 1. The predicted molar refractivity (Wildman–Crippen MR) is 74.8 cm³/mol. The first-order chi connectivity index (χ1) is 8.63. The topological polar surface area (TPSA) is 43.3 Å². The van der Waals surface area contributed by atoms with Gasteiger partial charge in [0.15, 0.2) is 0 Å². The summed E-state index contributed by atoms with van der Waals surface area (Å²) in [6.45, 7) is 1.99. The SMILES string of the molecule is Cc1ccc(-c2cn3cc(Cl)ccc3n2)cc1N. The molecule has 0 fully saturated rings. The highest BCUT2D eigenvalue weighted by Gasteiger charge is 2.05. The van der Waals surface area contributed by atoms with Crippen molar-refractivity contribution in [3.63, 3.8) is 0 Å². The van der Waals surface area contributed by atoms with Gasteiger partial charge in [-0.25, -0.2) is 4.98 Å². The summed E-state index contributed by atoms with van der Waals surface area (Å²) in [6.07, 6.45) is 3.79. The molecule has 0 aliphatic carbocycles. The van der Waals surface area contributed by atoms with E-state index in [1.165, 1.54) is 0 Å². The van der Waals surface area contributed by atoms with E-state index in [4.69, 9.17) is 17.3 Å². The molecule has 2 N–H and O–H groups in total. The lowest BCUT2D eigenvalue weighted by molar-refractivity contribution is 1.19. The largest absolute Gasteiger partial charge is 0.398 e. The number of hydrogen-bond acceptors (Lipinski definition) is 2. The minimum absolute atomic E-state index is 0.690. The van der Waals surface area contributed by atoms with E-state index in [-0.39, 0.29) is 0 Å². The highest BCUT2D eigenvalue weighted by atomic mass is 35.5. The smallest absolute Gasteiger partial charge is 0.137 e. The third-order valence-corrected chi connectivity index (χ3v) is 3.21. The van der Waals surface area contributed by atoms with E-state index in [1.54, 1.807) is 0 Å². The summed E-state index contributed by atoms with van der Waals surface area (Å²) in [5, 5.41) is 0.690. The van der Waals surface area contributed by atoms with Gasteiger partial charge in [-0.2, -0.15) is 0 Å². The van der Waals surface area contributed by atoms with Crippen molar-refractivity contribution < 1.29 is 0 Å². The van der Waals surface area contributed by atoms with Gasteiger partial charge in [0.05, 0.1) is 10.7 Å². The Balaban J connectivity index is 2.16. The molecule has 0 aliphatic heterocycles. The number of aromatic nitrogens is 2. The van der Waals surface area contributed by atoms with Crippen molar-refractivity contribution in [2.45, 2.75) is 6.92 Å². The summed E-state index contributed by atoms with van der Waals surface area (Å²) >= 11 is 5.95. The lowest BCUT2D eigenvalue weighted by Crippen LogP contribution is -1.89. The standard InChI is InChI=1S/C14H12ClN3/c1-9-2-3-10(6-12(9)16)13-8-18-7-11(15)4-5-14(18)17-13/h2-8H,16H2,1H3. The van der Waals surface area contributed by atoms with Crippen molar-refractivity contribution in [2.75, 3.05) is 5.73 Å². The van der Waals surface area contributed by atoms with Crippen LogP contribution in [0.5, 0.6) is 0 Å². The highest BCUT2D eigenvalue weighted by molar-refractivity contribution is 6.30. The fraction of sp³-hybridized carbons (Fsp3) is 0.0714. The molecule has 0 atom stereocenters. The Bertz CT molecular complexity index is 731. The molecule has 0 saturated heterocycles. The molecule has 0 radical (unpaired) electrons. The van der Waals surface area contributed by atoms with E-state index in [0.29, 0.717) is 5.02 Å². The fourth-order valence-corrected chi connectivity index (χ4v) is 2.07. The normalized spacial score (nSPS) is 11.0. The summed E-state index contributed by atoms with van der Waals surface area (Å²) in [5.74, 6) is 0. The number of rotatable bonds is 1. The number of nitrogens with zero attached hydrogens (tertiary/aromatic N) is 2. The van der Waals surface area contributed by atoms with Crippen LogP contribution in [0, 0.1) is 6.92 Å². The molecule has 0 saturated carbocycles. The number of pyridine rings is 1. The van der Waals surface area contributed by atoms with Crippen molar-refractivity contribution in [1.29, 1.82) is 0 Å². The molecule has 90 valence electrons. The van der Waals surface area contributed by atoms with E-state index in [0.717, 1.165) is 28.2 Å². The molecule has 0 amide bonds. The molecule has 2 aromatic heterocycles. The lowest BCUT2D eigenvalue weighted by atomic mass is 10.1. The zero-order chi connectivity index (χ0) is 12.7. The number of hydrogen-bond donors (Lipinski definition) is 1. The maximum absolute atomic E-state index is 5.95. The Labute approximate surface area is 110 Å². The summed E-state index contributed by atoms with van der Waals surface area (Å²) in [7, 11) is 0. The molecular formula is C14H12ClN3. The first kappa shape index (κ1) is 11.1. The van der Waals surface area contributed by atoms with Gasteiger partial charge in [-0.1, -0.05) is 23.7 Å². The molecule has 0 unspecified atom stereocenters. The van der Waals surface area contributed by atoms with Crippen LogP contribution in [-0.4, -0.2) is 9.38 Å². The van der Waals surface area contributed by atoms with Crippen molar-refractivity contribution in [2.24, 2.45) is 0 Å². The molecule has 3 nitrogen and oxygen atoms in total. The van der Waals surface area contributed by atoms with Gasteiger partial charge in [-0.15, -0.1) is 0 Å². The van der Waals surface area contributed by atoms with Gasteiger partial charge in [-0.05, 0) is 30.7 Å². The second kappa shape index (κ2) is 4.03. The van der Waals surface area contributed by atoms with Crippen LogP contribution in [0.2, 0.25) is 5.02 Å². The maximum Gasteiger partial charge on any atom is 0.137 e. The summed E-state index contributed by atoms with van der Waals surface area (Å²) in [6, 6.07) is 9.69. The zero-order valence-electron chi connectivity index (χ0n) is 9.89.